The molecule has 4 rings (SSSR count). The number of benzene rings is 1. The molecule has 3 heterocycles. The van der Waals surface area contributed by atoms with Crippen LogP contribution in [0.4, 0.5) is 5.69 Å². The van der Waals surface area contributed by atoms with Crippen molar-refractivity contribution in [2.24, 2.45) is 0 Å². The number of amides is 2. The molecule has 0 saturated carbocycles. The number of hydrogen-bond donors (Lipinski definition) is 2. The van der Waals surface area contributed by atoms with Crippen LogP contribution in [0.15, 0.2) is 47.6 Å². The molecular weight excluding hydrogens is 407 g/mol. The van der Waals surface area contributed by atoms with E-state index in [9.17, 15) is 9.59 Å². The lowest BCUT2D eigenvalue weighted by Gasteiger charge is -2.23. The van der Waals surface area contributed by atoms with Crippen molar-refractivity contribution in [2.45, 2.75) is 23.1 Å². The van der Waals surface area contributed by atoms with Gasteiger partial charge in [0.2, 0.25) is 11.8 Å². The first kappa shape index (κ1) is 18.2. The fourth-order valence-electron chi connectivity index (χ4n) is 2.79. The number of imidazole rings is 1. The first-order valence-corrected chi connectivity index (χ1v) is 9.78. The lowest BCUT2D eigenvalue weighted by molar-refractivity contribution is -0.124. The fraction of sp³-hybridized carbons (Fsp3) is 0.167. The predicted octanol–water partition coefficient (Wildman–Crippen LogP) is 3.76. The van der Waals surface area contributed by atoms with Gasteiger partial charge in [-0.05, 0) is 30.3 Å². The van der Waals surface area contributed by atoms with Crippen molar-refractivity contribution in [1.82, 2.24) is 14.7 Å². The van der Waals surface area contributed by atoms with Gasteiger partial charge in [-0.1, -0.05) is 23.2 Å². The molecule has 0 saturated heterocycles. The van der Waals surface area contributed by atoms with Gasteiger partial charge < -0.3 is 15.0 Å². The summed E-state index contributed by atoms with van der Waals surface area (Å²) in [6, 6.07) is 8.87. The highest BCUT2D eigenvalue weighted by Crippen LogP contribution is 2.38. The van der Waals surface area contributed by atoms with Crippen LogP contribution in [-0.2, 0) is 16.1 Å². The van der Waals surface area contributed by atoms with Crippen LogP contribution in [0.2, 0.25) is 10.0 Å². The van der Waals surface area contributed by atoms with Crippen LogP contribution in [-0.4, -0.2) is 26.4 Å². The van der Waals surface area contributed by atoms with E-state index >= 15 is 0 Å². The van der Waals surface area contributed by atoms with Crippen LogP contribution < -0.4 is 10.6 Å². The standard InChI is InChI=1S/C18H14Cl2N4O2S/c19-10-1-3-14-13(5-10)23-18(26)15(27-14)6-17(25)21-7-12-9-24-8-11(20)2-4-16(24)22-12/h1-5,8-9,15H,6-7H2,(H,21,25)(H,23,26). The van der Waals surface area contributed by atoms with Gasteiger partial charge in [-0.15, -0.1) is 11.8 Å². The Balaban J connectivity index is 1.37. The molecule has 0 fully saturated rings. The van der Waals surface area contributed by atoms with E-state index in [-0.39, 0.29) is 24.8 Å². The van der Waals surface area contributed by atoms with Crippen LogP contribution >= 0.6 is 35.0 Å². The first-order valence-electron chi connectivity index (χ1n) is 8.15. The second-order valence-corrected chi connectivity index (χ2v) is 8.18. The smallest absolute Gasteiger partial charge is 0.238 e. The highest BCUT2D eigenvalue weighted by atomic mass is 35.5. The number of aromatic nitrogens is 2. The summed E-state index contributed by atoms with van der Waals surface area (Å²) in [5.41, 5.74) is 2.14. The number of fused-ring (bicyclic) bond motifs is 2. The highest BCUT2D eigenvalue weighted by Gasteiger charge is 2.29. The number of rotatable bonds is 4. The molecule has 6 nitrogen and oxygen atoms in total. The van der Waals surface area contributed by atoms with Gasteiger partial charge in [-0.25, -0.2) is 4.98 Å². The molecule has 2 N–H and O–H groups in total. The molecule has 27 heavy (non-hydrogen) atoms. The number of anilines is 1. The molecule has 1 aliphatic rings. The molecule has 9 heteroatoms. The Hall–Kier alpha value is -2.22. The van der Waals surface area contributed by atoms with Gasteiger partial charge in [0.25, 0.3) is 0 Å². The van der Waals surface area contributed by atoms with Gasteiger partial charge in [-0.2, -0.15) is 0 Å². The van der Waals surface area contributed by atoms with E-state index in [0.717, 1.165) is 10.5 Å². The van der Waals surface area contributed by atoms with Crippen molar-refractivity contribution < 1.29 is 9.59 Å². The topological polar surface area (TPSA) is 75.5 Å². The second-order valence-electron chi connectivity index (χ2n) is 6.06. The van der Waals surface area contributed by atoms with E-state index in [0.29, 0.717) is 21.4 Å². The Morgan fingerprint density at radius 2 is 2.04 bits per heavy atom. The average molecular weight is 421 g/mol. The average Bonchev–Trinajstić information content (AvgIpc) is 3.03. The zero-order valence-corrected chi connectivity index (χ0v) is 16.2. The zero-order chi connectivity index (χ0) is 19.0. The number of carbonyl (C=O) groups excluding carboxylic acids is 2. The van der Waals surface area contributed by atoms with Crippen LogP contribution in [0.25, 0.3) is 5.65 Å². The van der Waals surface area contributed by atoms with Crippen molar-refractivity contribution in [3.8, 4) is 0 Å². The lowest BCUT2D eigenvalue weighted by Crippen LogP contribution is -2.34. The Morgan fingerprint density at radius 1 is 1.22 bits per heavy atom. The van der Waals surface area contributed by atoms with Crippen LogP contribution in [0.5, 0.6) is 0 Å². The van der Waals surface area contributed by atoms with Crippen molar-refractivity contribution in [3.05, 3.63) is 58.5 Å². The maximum Gasteiger partial charge on any atom is 0.238 e. The van der Waals surface area contributed by atoms with E-state index in [1.54, 1.807) is 34.9 Å². The van der Waals surface area contributed by atoms with E-state index in [2.05, 4.69) is 15.6 Å². The predicted molar refractivity (Wildman–Crippen MR) is 106 cm³/mol. The summed E-state index contributed by atoms with van der Waals surface area (Å²) in [4.78, 5) is 29.8. The Labute approximate surface area is 169 Å². The summed E-state index contributed by atoms with van der Waals surface area (Å²) in [5, 5.41) is 6.29. The summed E-state index contributed by atoms with van der Waals surface area (Å²) >= 11 is 13.3. The minimum absolute atomic E-state index is 0.0811. The third-order valence-corrected chi connectivity index (χ3v) is 5.80. The third kappa shape index (κ3) is 4.05. The maximum atomic E-state index is 12.3. The number of nitrogens with one attached hydrogen (secondary N) is 2. The molecule has 1 aromatic carbocycles. The molecule has 1 unspecified atom stereocenters. The van der Waals surface area contributed by atoms with E-state index < -0.39 is 5.25 Å². The number of hydrogen-bond acceptors (Lipinski definition) is 4. The molecule has 0 aliphatic carbocycles. The lowest BCUT2D eigenvalue weighted by atomic mass is 10.2. The van der Waals surface area contributed by atoms with Gasteiger partial charge >= 0.3 is 0 Å². The van der Waals surface area contributed by atoms with Crippen LogP contribution in [0.1, 0.15) is 12.1 Å². The molecular formula is C18H14Cl2N4O2S. The monoisotopic (exact) mass is 420 g/mol. The molecule has 3 aromatic rings. The molecule has 138 valence electrons. The molecule has 0 spiro atoms. The van der Waals surface area contributed by atoms with Crippen LogP contribution in [0.3, 0.4) is 0 Å². The van der Waals surface area contributed by atoms with Crippen molar-refractivity contribution in [1.29, 1.82) is 0 Å². The normalized spacial score (nSPS) is 16.1. The van der Waals surface area contributed by atoms with E-state index in [1.165, 1.54) is 11.8 Å². The minimum Gasteiger partial charge on any atom is -0.350 e. The van der Waals surface area contributed by atoms with Crippen LogP contribution in [0, 0.1) is 0 Å². The van der Waals surface area contributed by atoms with Gasteiger partial charge in [0.05, 0.1) is 28.2 Å². The zero-order valence-electron chi connectivity index (χ0n) is 13.9. The molecule has 1 aliphatic heterocycles. The van der Waals surface area contributed by atoms with E-state index in [1.807, 2.05) is 12.3 Å². The van der Waals surface area contributed by atoms with Crippen molar-refractivity contribution >= 4 is 58.1 Å². The third-order valence-electron chi connectivity index (χ3n) is 4.06. The highest BCUT2D eigenvalue weighted by molar-refractivity contribution is 8.01. The molecule has 1 atom stereocenters. The minimum atomic E-state index is -0.487. The molecule has 0 radical (unpaired) electrons. The maximum absolute atomic E-state index is 12.3. The van der Waals surface area contributed by atoms with Gasteiger partial charge in [0, 0.05) is 28.7 Å². The number of nitrogens with zero attached hydrogens (tertiary/aromatic N) is 2. The van der Waals surface area contributed by atoms with Crippen molar-refractivity contribution in [3.63, 3.8) is 0 Å². The number of carbonyl (C=O) groups is 2. The Kier molecular flexibility index (Phi) is 4.99. The molecule has 0 bridgehead atoms. The summed E-state index contributed by atoms with van der Waals surface area (Å²) in [6.45, 7) is 0.281. The summed E-state index contributed by atoms with van der Waals surface area (Å²) in [7, 11) is 0. The quantitative estimate of drug-likeness (QED) is 0.673. The van der Waals surface area contributed by atoms with Gasteiger partial charge in [0.15, 0.2) is 0 Å². The molecule has 2 amide bonds. The molecule has 2 aromatic heterocycles. The summed E-state index contributed by atoms with van der Waals surface area (Å²) in [6.07, 6.45) is 3.64. The van der Waals surface area contributed by atoms with E-state index in [4.69, 9.17) is 23.2 Å². The number of halogens is 2. The van der Waals surface area contributed by atoms with Gasteiger partial charge in [-0.3, -0.25) is 9.59 Å². The van der Waals surface area contributed by atoms with Gasteiger partial charge in [0.1, 0.15) is 5.65 Å². The summed E-state index contributed by atoms with van der Waals surface area (Å²) in [5.74, 6) is -0.414. The Morgan fingerprint density at radius 3 is 2.89 bits per heavy atom. The second kappa shape index (κ2) is 7.42. The largest absolute Gasteiger partial charge is 0.350 e. The van der Waals surface area contributed by atoms with Crippen molar-refractivity contribution in [2.75, 3.05) is 5.32 Å². The SMILES string of the molecule is O=C(CC1Sc2ccc(Cl)cc2NC1=O)NCc1cn2cc(Cl)ccc2n1. The number of pyridine rings is 1. The fourth-order valence-corrected chi connectivity index (χ4v) is 4.22. The number of thioether (sulfide) groups is 1. The summed E-state index contributed by atoms with van der Waals surface area (Å²) < 4.78 is 1.80. The Bertz CT molecular complexity index is 1050. The first-order chi connectivity index (χ1) is 13.0.